The molecule has 0 spiro atoms. The molecular weight excluding hydrogens is 391 g/mol. The van der Waals surface area contributed by atoms with Gasteiger partial charge in [0.2, 0.25) is 5.91 Å². The summed E-state index contributed by atoms with van der Waals surface area (Å²) in [6.07, 6.45) is 2.74. The third-order valence-electron chi connectivity index (χ3n) is 5.80. The van der Waals surface area contributed by atoms with Crippen LogP contribution >= 0.6 is 0 Å². The van der Waals surface area contributed by atoms with Gasteiger partial charge in [0.15, 0.2) is 0 Å². The summed E-state index contributed by atoms with van der Waals surface area (Å²) < 4.78 is 14.7. The number of nitrogens with zero attached hydrogens (tertiary/aromatic N) is 1. The molecule has 0 heterocycles. The van der Waals surface area contributed by atoms with Crippen molar-refractivity contribution < 1.29 is 14.0 Å². The Kier molecular flexibility index (Phi) is 5.67. The molecule has 4 nitrogen and oxygen atoms in total. The van der Waals surface area contributed by atoms with Crippen LogP contribution in [0, 0.1) is 5.82 Å². The molecule has 156 valence electrons. The molecule has 1 aliphatic carbocycles. The van der Waals surface area contributed by atoms with Gasteiger partial charge in [0.05, 0.1) is 6.04 Å². The molecule has 0 saturated carbocycles. The monoisotopic (exact) mass is 414 g/mol. The van der Waals surface area contributed by atoms with Crippen LogP contribution in [-0.4, -0.2) is 16.7 Å². The summed E-state index contributed by atoms with van der Waals surface area (Å²) in [7, 11) is 0. The lowest BCUT2D eigenvalue weighted by atomic mass is 10.00. The molecule has 3 aromatic rings. The van der Waals surface area contributed by atoms with Gasteiger partial charge in [-0.3, -0.25) is 9.59 Å². The quantitative estimate of drug-likeness (QED) is 0.624. The summed E-state index contributed by atoms with van der Waals surface area (Å²) in [6, 6.07) is 19.0. The van der Waals surface area contributed by atoms with Crippen molar-refractivity contribution in [2.75, 3.05) is 0 Å². The smallest absolute Gasteiger partial charge is 0.254 e. The summed E-state index contributed by atoms with van der Waals surface area (Å²) >= 11 is 0. The maximum Gasteiger partial charge on any atom is 0.254 e. The number of carbonyl (C=O) groups excluding carboxylic acids is 2. The molecule has 0 radical (unpaired) electrons. The normalized spacial score (nSPS) is 14.7. The number of hydrogen-bond acceptors (Lipinski definition) is 2. The van der Waals surface area contributed by atoms with Gasteiger partial charge in [-0.15, -0.1) is 0 Å². The van der Waals surface area contributed by atoms with Crippen molar-refractivity contribution in [3.8, 4) is 0 Å². The van der Waals surface area contributed by atoms with Gasteiger partial charge in [0.1, 0.15) is 5.82 Å². The Bertz CT molecular complexity index is 1160. The van der Waals surface area contributed by atoms with E-state index in [0.717, 1.165) is 5.56 Å². The topological polar surface area (TPSA) is 63.4 Å². The molecule has 0 saturated heterocycles. The first-order valence-electron chi connectivity index (χ1n) is 10.2. The zero-order valence-electron chi connectivity index (χ0n) is 17.1. The Hall–Kier alpha value is -3.73. The average Bonchev–Trinajstić information content (AvgIpc) is 3.22. The van der Waals surface area contributed by atoms with Crippen LogP contribution in [0.15, 0.2) is 73.3 Å². The predicted molar refractivity (Wildman–Crippen MR) is 119 cm³/mol. The molecular formula is C26H23FN2O2. The number of halogens is 1. The lowest BCUT2D eigenvalue weighted by Crippen LogP contribution is -2.34. The van der Waals surface area contributed by atoms with E-state index in [1.807, 2.05) is 18.2 Å². The predicted octanol–water partition coefficient (Wildman–Crippen LogP) is 4.90. The summed E-state index contributed by atoms with van der Waals surface area (Å²) in [4.78, 5) is 27.2. The van der Waals surface area contributed by atoms with Crippen LogP contribution in [0.5, 0.6) is 0 Å². The SMILES string of the molecule is C=Cc1cc(F)c2c(c1)[C@H](N(Cc1ccccc1C(N)=O)C(=O)c1ccccc1)CC2. The zero-order chi connectivity index (χ0) is 22.0. The maximum atomic E-state index is 14.7. The van der Waals surface area contributed by atoms with Crippen molar-refractivity contribution in [2.24, 2.45) is 5.73 Å². The van der Waals surface area contributed by atoms with Crippen LogP contribution in [0.1, 0.15) is 55.4 Å². The van der Waals surface area contributed by atoms with Crippen molar-refractivity contribution in [1.29, 1.82) is 0 Å². The molecule has 0 unspecified atom stereocenters. The standard InChI is InChI=1S/C26H23FN2O2/c1-2-17-14-22-21(23(27)15-17)12-13-24(22)29(26(31)18-8-4-3-5-9-18)16-19-10-6-7-11-20(19)25(28)30/h2-11,14-15,24H,1,12-13,16H2,(H2,28,30)/t24-/m1/s1. The van der Waals surface area contributed by atoms with Gasteiger partial charge in [-0.1, -0.05) is 49.1 Å². The van der Waals surface area contributed by atoms with Crippen molar-refractivity contribution in [1.82, 2.24) is 4.90 Å². The van der Waals surface area contributed by atoms with E-state index in [2.05, 4.69) is 6.58 Å². The molecule has 1 atom stereocenters. The van der Waals surface area contributed by atoms with E-state index in [9.17, 15) is 14.0 Å². The Morgan fingerprint density at radius 1 is 1.10 bits per heavy atom. The van der Waals surface area contributed by atoms with E-state index in [4.69, 9.17) is 5.73 Å². The Morgan fingerprint density at radius 2 is 1.81 bits per heavy atom. The summed E-state index contributed by atoms with van der Waals surface area (Å²) in [6.45, 7) is 3.94. The first-order valence-corrected chi connectivity index (χ1v) is 10.2. The van der Waals surface area contributed by atoms with Crippen LogP contribution in [-0.2, 0) is 13.0 Å². The van der Waals surface area contributed by atoms with Gasteiger partial charge < -0.3 is 10.6 Å². The second-order valence-electron chi connectivity index (χ2n) is 7.65. The molecule has 0 aromatic heterocycles. The van der Waals surface area contributed by atoms with E-state index in [1.165, 1.54) is 6.07 Å². The first-order chi connectivity index (χ1) is 15.0. The molecule has 0 fully saturated rings. The van der Waals surface area contributed by atoms with E-state index >= 15 is 0 Å². The molecule has 31 heavy (non-hydrogen) atoms. The Morgan fingerprint density at radius 3 is 2.52 bits per heavy atom. The number of amides is 2. The summed E-state index contributed by atoms with van der Waals surface area (Å²) in [5.74, 6) is -1.00. The number of nitrogens with two attached hydrogens (primary N) is 1. The Balaban J connectivity index is 1.80. The second-order valence-corrected chi connectivity index (χ2v) is 7.65. The summed E-state index contributed by atoms with van der Waals surface area (Å²) in [5, 5.41) is 0. The molecule has 0 aliphatic heterocycles. The molecule has 2 amide bonds. The van der Waals surface area contributed by atoms with E-state index in [-0.39, 0.29) is 24.3 Å². The van der Waals surface area contributed by atoms with Gasteiger partial charge in [0, 0.05) is 17.7 Å². The fourth-order valence-electron chi connectivity index (χ4n) is 4.27. The van der Waals surface area contributed by atoms with Crippen LogP contribution < -0.4 is 5.73 Å². The van der Waals surface area contributed by atoms with Crippen molar-refractivity contribution in [2.45, 2.75) is 25.4 Å². The van der Waals surface area contributed by atoms with Crippen molar-refractivity contribution in [3.63, 3.8) is 0 Å². The fourth-order valence-corrected chi connectivity index (χ4v) is 4.27. The average molecular weight is 414 g/mol. The van der Waals surface area contributed by atoms with E-state index < -0.39 is 5.91 Å². The number of fused-ring (bicyclic) bond motifs is 1. The maximum absolute atomic E-state index is 14.7. The van der Waals surface area contributed by atoms with E-state index in [1.54, 1.807) is 53.4 Å². The number of rotatable bonds is 6. The number of benzene rings is 3. The van der Waals surface area contributed by atoms with Crippen LogP contribution in [0.25, 0.3) is 6.08 Å². The van der Waals surface area contributed by atoms with Gasteiger partial charge in [-0.05, 0) is 65.4 Å². The number of carbonyl (C=O) groups is 2. The van der Waals surface area contributed by atoms with Crippen molar-refractivity contribution >= 4 is 17.9 Å². The van der Waals surface area contributed by atoms with Gasteiger partial charge in [0.25, 0.3) is 5.91 Å². The van der Waals surface area contributed by atoms with E-state index in [0.29, 0.717) is 40.7 Å². The van der Waals surface area contributed by atoms with Gasteiger partial charge in [-0.25, -0.2) is 4.39 Å². The lowest BCUT2D eigenvalue weighted by Gasteiger charge is -2.31. The Labute approximate surface area is 180 Å². The van der Waals surface area contributed by atoms with Crippen LogP contribution in [0.3, 0.4) is 0 Å². The van der Waals surface area contributed by atoms with Gasteiger partial charge >= 0.3 is 0 Å². The summed E-state index contributed by atoms with van der Waals surface area (Å²) in [5.41, 5.74) is 9.22. The van der Waals surface area contributed by atoms with Crippen LogP contribution in [0.4, 0.5) is 4.39 Å². The highest BCUT2D eigenvalue weighted by molar-refractivity contribution is 5.96. The number of hydrogen-bond donors (Lipinski definition) is 1. The molecule has 4 rings (SSSR count). The minimum Gasteiger partial charge on any atom is -0.366 e. The molecule has 3 aromatic carbocycles. The van der Waals surface area contributed by atoms with Gasteiger partial charge in [-0.2, -0.15) is 0 Å². The highest BCUT2D eigenvalue weighted by Gasteiger charge is 2.34. The molecule has 2 N–H and O–H groups in total. The highest BCUT2D eigenvalue weighted by Crippen LogP contribution is 2.39. The van der Waals surface area contributed by atoms with Crippen molar-refractivity contribution in [3.05, 3.63) is 113 Å². The fraction of sp³-hybridized carbons (Fsp3) is 0.154. The largest absolute Gasteiger partial charge is 0.366 e. The first kappa shape index (κ1) is 20.5. The lowest BCUT2D eigenvalue weighted by molar-refractivity contribution is 0.0656. The van der Waals surface area contributed by atoms with Crippen LogP contribution in [0.2, 0.25) is 0 Å². The number of primary amides is 1. The molecule has 0 bridgehead atoms. The highest BCUT2D eigenvalue weighted by atomic mass is 19.1. The third-order valence-corrected chi connectivity index (χ3v) is 5.80. The molecule has 5 heteroatoms. The third kappa shape index (κ3) is 3.99. The minimum absolute atomic E-state index is 0.179. The molecule has 1 aliphatic rings. The minimum atomic E-state index is -0.547. The second kappa shape index (κ2) is 8.56. The zero-order valence-corrected chi connectivity index (χ0v) is 17.1.